The second-order valence-corrected chi connectivity index (χ2v) is 4.95. The van der Waals surface area contributed by atoms with E-state index in [1.54, 1.807) is 38.4 Å². The predicted octanol–water partition coefficient (Wildman–Crippen LogP) is 2.32. The minimum atomic E-state index is -0.107. The summed E-state index contributed by atoms with van der Waals surface area (Å²) in [6.07, 6.45) is 0. The lowest BCUT2D eigenvalue weighted by Gasteiger charge is -2.11. The molecule has 4 heteroatoms. The van der Waals surface area contributed by atoms with Gasteiger partial charge in [-0.2, -0.15) is 0 Å². The summed E-state index contributed by atoms with van der Waals surface area (Å²) in [5.74, 6) is -0.140. The van der Waals surface area contributed by atoms with Gasteiger partial charge in [0.05, 0.1) is 0 Å². The molecule has 2 aromatic carbocycles. The molecule has 2 rings (SSSR count). The summed E-state index contributed by atoms with van der Waals surface area (Å²) in [6.45, 7) is 0.435. The van der Waals surface area contributed by atoms with Crippen LogP contribution in [0.2, 0.25) is 0 Å². The summed E-state index contributed by atoms with van der Waals surface area (Å²) in [5, 5.41) is 2.85. The minimum absolute atomic E-state index is 0.0325. The van der Waals surface area contributed by atoms with Crippen molar-refractivity contribution in [2.24, 2.45) is 0 Å². The normalized spacial score (nSPS) is 10.0. The molecular weight excluding hydrogens is 264 g/mol. The molecule has 0 atom stereocenters. The lowest BCUT2D eigenvalue weighted by molar-refractivity contribution is 0.0827. The highest BCUT2D eigenvalue weighted by atomic mass is 16.2. The summed E-state index contributed by atoms with van der Waals surface area (Å²) >= 11 is 0. The van der Waals surface area contributed by atoms with Crippen molar-refractivity contribution in [3.05, 3.63) is 71.3 Å². The first-order valence-corrected chi connectivity index (χ1v) is 6.72. The van der Waals surface area contributed by atoms with Gasteiger partial charge in [-0.05, 0) is 29.8 Å². The number of nitrogens with zero attached hydrogens (tertiary/aromatic N) is 1. The van der Waals surface area contributed by atoms with Crippen molar-refractivity contribution in [3.8, 4) is 0 Å². The fraction of sp³-hybridized carbons (Fsp3) is 0.176. The van der Waals surface area contributed by atoms with Crippen LogP contribution in [-0.2, 0) is 6.54 Å². The van der Waals surface area contributed by atoms with Crippen LogP contribution in [0.25, 0.3) is 0 Å². The highest BCUT2D eigenvalue weighted by molar-refractivity contribution is 5.94. The summed E-state index contributed by atoms with van der Waals surface area (Å²) in [7, 11) is 3.44. The minimum Gasteiger partial charge on any atom is -0.348 e. The Morgan fingerprint density at radius 3 is 2.10 bits per heavy atom. The van der Waals surface area contributed by atoms with Crippen LogP contribution < -0.4 is 5.32 Å². The second-order valence-electron chi connectivity index (χ2n) is 4.95. The van der Waals surface area contributed by atoms with Gasteiger partial charge < -0.3 is 10.2 Å². The number of carbonyl (C=O) groups excluding carboxylic acids is 2. The van der Waals surface area contributed by atoms with Crippen molar-refractivity contribution >= 4 is 11.8 Å². The molecule has 0 saturated carbocycles. The summed E-state index contributed by atoms with van der Waals surface area (Å²) in [5.41, 5.74) is 2.23. The average molecular weight is 282 g/mol. The molecule has 0 bridgehead atoms. The lowest BCUT2D eigenvalue weighted by atomic mass is 10.1. The first-order chi connectivity index (χ1) is 10.1. The van der Waals surface area contributed by atoms with Gasteiger partial charge in [0.2, 0.25) is 0 Å². The van der Waals surface area contributed by atoms with Crippen LogP contribution in [0.4, 0.5) is 0 Å². The molecule has 4 nitrogen and oxygen atoms in total. The number of hydrogen-bond donors (Lipinski definition) is 1. The van der Waals surface area contributed by atoms with Gasteiger partial charge in [0.25, 0.3) is 11.8 Å². The van der Waals surface area contributed by atoms with Gasteiger partial charge in [0.1, 0.15) is 0 Å². The largest absolute Gasteiger partial charge is 0.348 e. The molecule has 0 spiro atoms. The third kappa shape index (κ3) is 3.92. The fourth-order valence-electron chi connectivity index (χ4n) is 1.90. The Morgan fingerprint density at radius 1 is 0.905 bits per heavy atom. The Balaban J connectivity index is 1.95. The SMILES string of the molecule is CN(C)C(=O)c1ccc(CNC(=O)c2ccccc2)cc1. The van der Waals surface area contributed by atoms with E-state index >= 15 is 0 Å². The molecule has 21 heavy (non-hydrogen) atoms. The van der Waals surface area contributed by atoms with Crippen molar-refractivity contribution in [1.29, 1.82) is 0 Å². The van der Waals surface area contributed by atoms with E-state index < -0.39 is 0 Å². The molecule has 0 fully saturated rings. The van der Waals surface area contributed by atoms with E-state index in [-0.39, 0.29) is 11.8 Å². The van der Waals surface area contributed by atoms with E-state index in [1.807, 2.05) is 30.3 Å². The fourth-order valence-corrected chi connectivity index (χ4v) is 1.90. The van der Waals surface area contributed by atoms with Crippen LogP contribution in [-0.4, -0.2) is 30.8 Å². The Hall–Kier alpha value is -2.62. The zero-order valence-electron chi connectivity index (χ0n) is 12.2. The number of nitrogens with one attached hydrogen (secondary N) is 1. The smallest absolute Gasteiger partial charge is 0.253 e. The van der Waals surface area contributed by atoms with Crippen LogP contribution in [0.3, 0.4) is 0 Å². The highest BCUT2D eigenvalue weighted by Crippen LogP contribution is 2.07. The number of benzene rings is 2. The second kappa shape index (κ2) is 6.70. The maximum absolute atomic E-state index is 11.9. The van der Waals surface area contributed by atoms with E-state index in [0.29, 0.717) is 17.7 Å². The molecule has 108 valence electrons. The van der Waals surface area contributed by atoms with Crippen LogP contribution in [0, 0.1) is 0 Å². The molecule has 0 heterocycles. The number of hydrogen-bond acceptors (Lipinski definition) is 2. The molecule has 0 radical (unpaired) electrons. The molecule has 0 unspecified atom stereocenters. The number of amides is 2. The monoisotopic (exact) mass is 282 g/mol. The third-order valence-corrected chi connectivity index (χ3v) is 3.10. The standard InChI is InChI=1S/C17H18N2O2/c1-19(2)17(21)15-10-8-13(9-11-15)12-18-16(20)14-6-4-3-5-7-14/h3-11H,12H2,1-2H3,(H,18,20). The molecule has 0 aliphatic heterocycles. The molecular formula is C17H18N2O2. The van der Waals surface area contributed by atoms with Crippen molar-refractivity contribution in [3.63, 3.8) is 0 Å². The predicted molar refractivity (Wildman–Crippen MR) is 82.1 cm³/mol. The first kappa shape index (κ1) is 14.8. The topological polar surface area (TPSA) is 49.4 Å². The van der Waals surface area contributed by atoms with E-state index in [9.17, 15) is 9.59 Å². The zero-order valence-corrected chi connectivity index (χ0v) is 12.2. The molecule has 0 aliphatic carbocycles. The molecule has 1 N–H and O–H groups in total. The van der Waals surface area contributed by atoms with Crippen molar-refractivity contribution in [2.75, 3.05) is 14.1 Å². The Labute approximate surface area is 124 Å². The van der Waals surface area contributed by atoms with Crippen LogP contribution >= 0.6 is 0 Å². The van der Waals surface area contributed by atoms with Crippen molar-refractivity contribution in [1.82, 2.24) is 10.2 Å². The summed E-state index contributed by atoms with van der Waals surface area (Å²) in [4.78, 5) is 25.2. The van der Waals surface area contributed by atoms with E-state index in [2.05, 4.69) is 5.32 Å². The van der Waals surface area contributed by atoms with E-state index in [1.165, 1.54) is 4.90 Å². The van der Waals surface area contributed by atoms with Crippen LogP contribution in [0.5, 0.6) is 0 Å². The maximum Gasteiger partial charge on any atom is 0.253 e. The van der Waals surface area contributed by atoms with E-state index in [0.717, 1.165) is 5.56 Å². The molecule has 0 aromatic heterocycles. The van der Waals surface area contributed by atoms with Crippen molar-refractivity contribution < 1.29 is 9.59 Å². The lowest BCUT2D eigenvalue weighted by Crippen LogP contribution is -2.23. The van der Waals surface area contributed by atoms with Crippen LogP contribution in [0.15, 0.2) is 54.6 Å². The molecule has 2 amide bonds. The molecule has 0 saturated heterocycles. The van der Waals surface area contributed by atoms with Crippen molar-refractivity contribution in [2.45, 2.75) is 6.54 Å². The Kier molecular flexibility index (Phi) is 4.72. The zero-order chi connectivity index (χ0) is 15.2. The highest BCUT2D eigenvalue weighted by Gasteiger charge is 2.08. The number of carbonyl (C=O) groups is 2. The van der Waals surface area contributed by atoms with Gasteiger partial charge in [-0.3, -0.25) is 9.59 Å². The molecule has 2 aromatic rings. The Morgan fingerprint density at radius 2 is 1.52 bits per heavy atom. The maximum atomic E-state index is 11.9. The average Bonchev–Trinajstić information content (AvgIpc) is 2.53. The van der Waals surface area contributed by atoms with Gasteiger partial charge in [-0.1, -0.05) is 30.3 Å². The van der Waals surface area contributed by atoms with Gasteiger partial charge in [-0.15, -0.1) is 0 Å². The molecule has 0 aliphatic rings. The Bertz CT molecular complexity index is 619. The summed E-state index contributed by atoms with van der Waals surface area (Å²) < 4.78 is 0. The summed E-state index contributed by atoms with van der Waals surface area (Å²) in [6, 6.07) is 16.3. The van der Waals surface area contributed by atoms with Gasteiger partial charge >= 0.3 is 0 Å². The van der Waals surface area contributed by atoms with E-state index in [4.69, 9.17) is 0 Å². The number of rotatable bonds is 4. The van der Waals surface area contributed by atoms with Crippen LogP contribution in [0.1, 0.15) is 26.3 Å². The van der Waals surface area contributed by atoms with Gasteiger partial charge in [-0.25, -0.2) is 0 Å². The third-order valence-electron chi connectivity index (χ3n) is 3.10. The quantitative estimate of drug-likeness (QED) is 0.935. The van der Waals surface area contributed by atoms with Gasteiger partial charge in [0.15, 0.2) is 0 Å². The van der Waals surface area contributed by atoms with Gasteiger partial charge in [0, 0.05) is 31.8 Å². The first-order valence-electron chi connectivity index (χ1n) is 6.72.